The predicted octanol–water partition coefficient (Wildman–Crippen LogP) is 1.08. The average molecular weight is 182 g/mol. The molecule has 4 heteroatoms. The normalized spacial score (nSPS) is 11.3. The first-order chi connectivity index (χ1) is 6.06. The van der Waals surface area contributed by atoms with Crippen LogP contribution in [0.1, 0.15) is 13.8 Å². The monoisotopic (exact) mass is 182 g/mol. The van der Waals surface area contributed by atoms with Crippen molar-refractivity contribution in [3.63, 3.8) is 0 Å². The maximum atomic E-state index is 11.3. The van der Waals surface area contributed by atoms with Gasteiger partial charge in [-0.05, 0) is 19.9 Å². The number of carbonyl (C=O) groups excluding carboxylic acids is 1. The first-order valence-electron chi connectivity index (χ1n) is 4.12. The van der Waals surface area contributed by atoms with Crippen LogP contribution >= 0.6 is 0 Å². The van der Waals surface area contributed by atoms with Gasteiger partial charge in [-0.1, -0.05) is 0 Å². The summed E-state index contributed by atoms with van der Waals surface area (Å²) in [5.74, 6) is -0.219. The third-order valence-corrected chi connectivity index (χ3v) is 1.85. The number of rotatable bonds is 3. The Hall–Kier alpha value is -1.32. The maximum absolute atomic E-state index is 11.3. The standard InChI is InChI=1S/C9H14N2O2/c1-9(2,8(12)13-3)7-11-6-4-5-10-11/h4-6H,7H2,1-3H3. The zero-order valence-corrected chi connectivity index (χ0v) is 8.15. The Morgan fingerprint density at radius 3 is 2.77 bits per heavy atom. The van der Waals surface area contributed by atoms with Crippen molar-refractivity contribution in [1.29, 1.82) is 0 Å². The van der Waals surface area contributed by atoms with Crippen molar-refractivity contribution in [2.24, 2.45) is 5.41 Å². The van der Waals surface area contributed by atoms with Gasteiger partial charge in [-0.2, -0.15) is 5.10 Å². The molecule has 0 aliphatic rings. The number of aromatic nitrogens is 2. The molecule has 0 fully saturated rings. The molecule has 0 saturated carbocycles. The van der Waals surface area contributed by atoms with Gasteiger partial charge in [0, 0.05) is 12.4 Å². The minimum atomic E-state index is -0.527. The molecule has 0 spiro atoms. The van der Waals surface area contributed by atoms with Crippen LogP contribution in [0.4, 0.5) is 0 Å². The summed E-state index contributed by atoms with van der Waals surface area (Å²) in [6, 6.07) is 1.83. The summed E-state index contributed by atoms with van der Waals surface area (Å²) in [4.78, 5) is 11.3. The minimum Gasteiger partial charge on any atom is -0.469 e. The lowest BCUT2D eigenvalue weighted by molar-refractivity contribution is -0.151. The van der Waals surface area contributed by atoms with Crippen molar-refractivity contribution < 1.29 is 9.53 Å². The van der Waals surface area contributed by atoms with E-state index in [1.165, 1.54) is 7.11 Å². The molecule has 0 aliphatic heterocycles. The average Bonchev–Trinajstić information content (AvgIpc) is 2.54. The van der Waals surface area contributed by atoms with Crippen molar-refractivity contribution in [1.82, 2.24) is 9.78 Å². The molecule has 13 heavy (non-hydrogen) atoms. The largest absolute Gasteiger partial charge is 0.469 e. The van der Waals surface area contributed by atoms with Crippen molar-refractivity contribution >= 4 is 5.97 Å². The molecule has 0 radical (unpaired) electrons. The number of methoxy groups -OCH3 is 1. The highest BCUT2D eigenvalue weighted by atomic mass is 16.5. The van der Waals surface area contributed by atoms with Gasteiger partial charge >= 0.3 is 5.97 Å². The molecule has 1 aromatic heterocycles. The number of esters is 1. The molecule has 0 aromatic carbocycles. The molecule has 0 saturated heterocycles. The van der Waals surface area contributed by atoms with E-state index in [1.54, 1.807) is 10.9 Å². The molecular weight excluding hydrogens is 168 g/mol. The Labute approximate surface area is 77.5 Å². The summed E-state index contributed by atoms with van der Waals surface area (Å²) in [7, 11) is 1.40. The van der Waals surface area contributed by atoms with Crippen LogP contribution in [-0.4, -0.2) is 22.9 Å². The Bertz CT molecular complexity index is 278. The van der Waals surface area contributed by atoms with Gasteiger partial charge in [-0.3, -0.25) is 9.48 Å². The topological polar surface area (TPSA) is 44.1 Å². The fourth-order valence-corrected chi connectivity index (χ4v) is 1.14. The lowest BCUT2D eigenvalue weighted by Crippen LogP contribution is -2.30. The van der Waals surface area contributed by atoms with E-state index >= 15 is 0 Å². The second kappa shape index (κ2) is 3.60. The van der Waals surface area contributed by atoms with Gasteiger partial charge in [-0.15, -0.1) is 0 Å². The molecule has 72 valence electrons. The number of hydrogen-bond acceptors (Lipinski definition) is 3. The molecule has 0 atom stereocenters. The van der Waals surface area contributed by atoms with E-state index in [2.05, 4.69) is 9.84 Å². The second-order valence-electron chi connectivity index (χ2n) is 3.58. The number of hydrogen-bond donors (Lipinski definition) is 0. The van der Waals surface area contributed by atoms with Crippen LogP contribution < -0.4 is 0 Å². The minimum absolute atomic E-state index is 0.219. The Morgan fingerprint density at radius 1 is 1.62 bits per heavy atom. The summed E-state index contributed by atoms with van der Waals surface area (Å²) in [5, 5.41) is 4.03. The lowest BCUT2D eigenvalue weighted by atomic mass is 9.94. The summed E-state index contributed by atoms with van der Waals surface area (Å²) in [6.45, 7) is 4.20. The maximum Gasteiger partial charge on any atom is 0.313 e. The van der Waals surface area contributed by atoms with Gasteiger partial charge < -0.3 is 4.74 Å². The highest BCUT2D eigenvalue weighted by Crippen LogP contribution is 2.19. The van der Waals surface area contributed by atoms with E-state index in [0.29, 0.717) is 6.54 Å². The third-order valence-electron chi connectivity index (χ3n) is 1.85. The van der Waals surface area contributed by atoms with Gasteiger partial charge in [0.25, 0.3) is 0 Å². The summed E-state index contributed by atoms with van der Waals surface area (Å²) >= 11 is 0. The van der Waals surface area contributed by atoms with E-state index in [4.69, 9.17) is 0 Å². The Kier molecular flexibility index (Phi) is 2.70. The summed E-state index contributed by atoms with van der Waals surface area (Å²) in [5.41, 5.74) is -0.527. The quantitative estimate of drug-likeness (QED) is 0.657. The lowest BCUT2D eigenvalue weighted by Gasteiger charge is -2.20. The molecule has 1 aromatic rings. The first kappa shape index (κ1) is 9.77. The van der Waals surface area contributed by atoms with Gasteiger partial charge in [-0.25, -0.2) is 0 Å². The van der Waals surface area contributed by atoms with E-state index in [0.717, 1.165) is 0 Å². The molecule has 4 nitrogen and oxygen atoms in total. The summed E-state index contributed by atoms with van der Waals surface area (Å²) < 4.78 is 6.40. The molecular formula is C9H14N2O2. The Morgan fingerprint density at radius 2 is 2.31 bits per heavy atom. The number of ether oxygens (including phenoxy) is 1. The van der Waals surface area contributed by atoms with Crippen molar-refractivity contribution in [3.05, 3.63) is 18.5 Å². The van der Waals surface area contributed by atoms with Gasteiger partial charge in [0.2, 0.25) is 0 Å². The van der Waals surface area contributed by atoms with Crippen LogP contribution in [-0.2, 0) is 16.1 Å². The van der Waals surface area contributed by atoms with Gasteiger partial charge in [0.1, 0.15) is 0 Å². The first-order valence-corrected chi connectivity index (χ1v) is 4.12. The highest BCUT2D eigenvalue weighted by Gasteiger charge is 2.29. The number of carbonyl (C=O) groups is 1. The zero-order chi connectivity index (χ0) is 9.90. The fraction of sp³-hybridized carbons (Fsp3) is 0.556. The molecule has 0 aliphatic carbocycles. The third kappa shape index (κ3) is 2.31. The van der Waals surface area contributed by atoms with Crippen LogP contribution in [0.25, 0.3) is 0 Å². The summed E-state index contributed by atoms with van der Waals surface area (Å²) in [6.07, 6.45) is 3.51. The smallest absolute Gasteiger partial charge is 0.313 e. The van der Waals surface area contributed by atoms with E-state index < -0.39 is 5.41 Å². The molecule has 0 amide bonds. The van der Waals surface area contributed by atoms with Gasteiger partial charge in [0.05, 0.1) is 19.1 Å². The van der Waals surface area contributed by atoms with Crippen molar-refractivity contribution in [3.8, 4) is 0 Å². The molecule has 0 bridgehead atoms. The zero-order valence-electron chi connectivity index (χ0n) is 8.15. The van der Waals surface area contributed by atoms with Crippen LogP contribution in [0.2, 0.25) is 0 Å². The highest BCUT2D eigenvalue weighted by molar-refractivity contribution is 5.75. The van der Waals surface area contributed by atoms with Crippen LogP contribution in [0.15, 0.2) is 18.5 Å². The SMILES string of the molecule is COC(=O)C(C)(C)Cn1cccn1. The van der Waals surface area contributed by atoms with Crippen molar-refractivity contribution in [2.75, 3.05) is 7.11 Å². The van der Waals surface area contributed by atoms with Crippen LogP contribution in [0, 0.1) is 5.41 Å². The molecule has 0 N–H and O–H groups in total. The molecule has 1 rings (SSSR count). The van der Waals surface area contributed by atoms with E-state index in [-0.39, 0.29) is 5.97 Å². The van der Waals surface area contributed by atoms with Crippen LogP contribution in [0.3, 0.4) is 0 Å². The fourth-order valence-electron chi connectivity index (χ4n) is 1.14. The predicted molar refractivity (Wildman–Crippen MR) is 48.0 cm³/mol. The second-order valence-corrected chi connectivity index (χ2v) is 3.58. The van der Waals surface area contributed by atoms with Crippen molar-refractivity contribution in [2.45, 2.75) is 20.4 Å². The number of nitrogens with zero attached hydrogens (tertiary/aromatic N) is 2. The Balaban J connectivity index is 2.67. The van der Waals surface area contributed by atoms with Gasteiger partial charge in [0.15, 0.2) is 0 Å². The molecule has 1 heterocycles. The van der Waals surface area contributed by atoms with E-state index in [9.17, 15) is 4.79 Å². The van der Waals surface area contributed by atoms with E-state index in [1.807, 2.05) is 26.1 Å². The van der Waals surface area contributed by atoms with Crippen LogP contribution in [0.5, 0.6) is 0 Å². The molecule has 0 unspecified atom stereocenters.